The first-order chi connectivity index (χ1) is 13.5. The lowest BCUT2D eigenvalue weighted by molar-refractivity contribution is 0.0957. The Morgan fingerprint density at radius 3 is 2.50 bits per heavy atom. The van der Waals surface area contributed by atoms with Crippen molar-refractivity contribution in [1.29, 1.82) is 0 Å². The molecule has 8 nitrogen and oxygen atoms in total. The quantitative estimate of drug-likeness (QED) is 0.400. The first-order valence-corrected chi connectivity index (χ1v) is 8.25. The number of hydrogen-bond acceptors (Lipinski definition) is 6. The van der Waals surface area contributed by atoms with Gasteiger partial charge in [0.2, 0.25) is 0 Å². The van der Waals surface area contributed by atoms with Gasteiger partial charge in [-0.1, -0.05) is 6.07 Å². The molecule has 0 radical (unpaired) electrons. The second kappa shape index (κ2) is 8.09. The molecule has 0 aliphatic carbocycles. The van der Waals surface area contributed by atoms with Crippen LogP contribution in [0.5, 0.6) is 23.0 Å². The van der Waals surface area contributed by atoms with E-state index in [9.17, 15) is 19.8 Å². The molecule has 0 aliphatic heterocycles. The molecule has 0 unspecified atom stereocenters. The number of carbonyl (C=O) groups excluding carboxylic acids is 2. The van der Waals surface area contributed by atoms with E-state index in [-0.39, 0.29) is 28.8 Å². The molecule has 0 aliphatic rings. The van der Waals surface area contributed by atoms with Crippen molar-refractivity contribution in [2.24, 2.45) is 0 Å². The lowest BCUT2D eigenvalue weighted by Crippen LogP contribution is -2.18. The minimum absolute atomic E-state index is 0.112. The Bertz CT molecular complexity index is 1040. The minimum atomic E-state index is -0.466. The van der Waals surface area contributed by atoms with Crippen LogP contribution < -0.4 is 15.4 Å². The summed E-state index contributed by atoms with van der Waals surface area (Å²) in [5.74, 6) is -0.392. The number of nitrogens with zero attached hydrogens (tertiary/aromatic N) is 1. The molecule has 0 bridgehead atoms. The smallest absolute Gasteiger partial charge is 0.269 e. The SMILES string of the molecule is CNC(=O)c1cc(Oc2cccc(C(=O)Nc3ccc(O)cc3O)c2)ccn1. The molecule has 3 rings (SSSR count). The van der Waals surface area contributed by atoms with E-state index in [1.54, 1.807) is 24.3 Å². The average molecular weight is 379 g/mol. The summed E-state index contributed by atoms with van der Waals surface area (Å²) in [5.41, 5.74) is 0.667. The number of phenols is 2. The summed E-state index contributed by atoms with van der Waals surface area (Å²) in [6.07, 6.45) is 1.45. The van der Waals surface area contributed by atoms with E-state index >= 15 is 0 Å². The Kier molecular flexibility index (Phi) is 5.40. The van der Waals surface area contributed by atoms with Crippen LogP contribution in [0.2, 0.25) is 0 Å². The highest BCUT2D eigenvalue weighted by Gasteiger charge is 2.11. The van der Waals surface area contributed by atoms with E-state index in [2.05, 4.69) is 15.6 Å². The number of ether oxygens (including phenoxy) is 1. The number of hydrogen-bond donors (Lipinski definition) is 4. The topological polar surface area (TPSA) is 121 Å². The van der Waals surface area contributed by atoms with Crippen LogP contribution in [0.4, 0.5) is 5.69 Å². The maximum atomic E-state index is 12.4. The van der Waals surface area contributed by atoms with E-state index in [1.165, 1.54) is 37.5 Å². The molecule has 2 aromatic carbocycles. The highest BCUT2D eigenvalue weighted by molar-refractivity contribution is 6.05. The van der Waals surface area contributed by atoms with Gasteiger partial charge in [0, 0.05) is 30.9 Å². The van der Waals surface area contributed by atoms with Crippen molar-refractivity contribution < 1.29 is 24.5 Å². The van der Waals surface area contributed by atoms with Gasteiger partial charge in [-0.2, -0.15) is 0 Å². The Morgan fingerprint density at radius 2 is 1.75 bits per heavy atom. The molecule has 4 N–H and O–H groups in total. The lowest BCUT2D eigenvalue weighted by Gasteiger charge is -2.10. The fraction of sp³-hybridized carbons (Fsp3) is 0.0500. The van der Waals surface area contributed by atoms with Crippen molar-refractivity contribution in [2.45, 2.75) is 0 Å². The number of phenolic OH excluding ortho intramolecular Hbond substituents is 2. The molecular weight excluding hydrogens is 362 g/mol. The van der Waals surface area contributed by atoms with Gasteiger partial charge in [-0.05, 0) is 36.4 Å². The van der Waals surface area contributed by atoms with Gasteiger partial charge < -0.3 is 25.6 Å². The van der Waals surface area contributed by atoms with Crippen LogP contribution in [-0.4, -0.2) is 34.1 Å². The Hall–Kier alpha value is -4.07. The Labute approximate surface area is 160 Å². The molecule has 0 saturated carbocycles. The maximum absolute atomic E-state index is 12.4. The van der Waals surface area contributed by atoms with E-state index in [1.807, 2.05) is 0 Å². The van der Waals surface area contributed by atoms with Crippen LogP contribution in [-0.2, 0) is 0 Å². The number of aromatic nitrogens is 1. The number of benzene rings is 2. The van der Waals surface area contributed by atoms with Gasteiger partial charge in [-0.25, -0.2) is 0 Å². The van der Waals surface area contributed by atoms with Crippen LogP contribution in [0.1, 0.15) is 20.8 Å². The fourth-order valence-electron chi connectivity index (χ4n) is 2.38. The van der Waals surface area contributed by atoms with Crippen molar-refractivity contribution in [2.75, 3.05) is 12.4 Å². The molecule has 0 atom stereocenters. The van der Waals surface area contributed by atoms with Crippen LogP contribution in [0.25, 0.3) is 0 Å². The zero-order chi connectivity index (χ0) is 20.1. The van der Waals surface area contributed by atoms with Crippen molar-refractivity contribution in [3.63, 3.8) is 0 Å². The van der Waals surface area contributed by atoms with Crippen LogP contribution >= 0.6 is 0 Å². The Morgan fingerprint density at radius 1 is 0.964 bits per heavy atom. The summed E-state index contributed by atoms with van der Waals surface area (Å²) in [7, 11) is 1.51. The molecule has 28 heavy (non-hydrogen) atoms. The van der Waals surface area contributed by atoms with Crippen LogP contribution in [0, 0.1) is 0 Å². The van der Waals surface area contributed by atoms with Crippen LogP contribution in [0.3, 0.4) is 0 Å². The molecule has 0 saturated heterocycles. The molecule has 8 heteroatoms. The third-order valence-corrected chi connectivity index (χ3v) is 3.75. The lowest BCUT2D eigenvalue weighted by atomic mass is 10.2. The van der Waals surface area contributed by atoms with Gasteiger partial charge >= 0.3 is 0 Å². The zero-order valence-corrected chi connectivity index (χ0v) is 14.8. The fourth-order valence-corrected chi connectivity index (χ4v) is 2.38. The van der Waals surface area contributed by atoms with Gasteiger partial charge in [-0.3, -0.25) is 14.6 Å². The number of amides is 2. The number of rotatable bonds is 5. The van der Waals surface area contributed by atoms with Gasteiger partial charge in [0.05, 0.1) is 5.69 Å². The number of nitrogens with one attached hydrogen (secondary N) is 2. The second-order valence-corrected chi connectivity index (χ2v) is 5.74. The Balaban J connectivity index is 1.77. The molecule has 0 fully saturated rings. The molecule has 1 heterocycles. The van der Waals surface area contributed by atoms with Gasteiger partial charge in [-0.15, -0.1) is 0 Å². The first kappa shape index (κ1) is 18.7. The van der Waals surface area contributed by atoms with Gasteiger partial charge in [0.1, 0.15) is 28.7 Å². The van der Waals surface area contributed by atoms with E-state index in [0.717, 1.165) is 6.07 Å². The third-order valence-electron chi connectivity index (χ3n) is 3.75. The standard InChI is InChI=1S/C20H17N3O5/c1-21-20(27)17-11-15(7-8-22-17)28-14-4-2-3-12(9-14)19(26)23-16-6-5-13(24)10-18(16)25/h2-11,24-25H,1H3,(H,21,27)(H,23,26). The number of anilines is 1. The minimum Gasteiger partial charge on any atom is -0.508 e. The van der Waals surface area contributed by atoms with Gasteiger partial charge in [0.25, 0.3) is 11.8 Å². The van der Waals surface area contributed by atoms with Crippen molar-refractivity contribution in [3.05, 3.63) is 72.1 Å². The maximum Gasteiger partial charge on any atom is 0.269 e. The third kappa shape index (κ3) is 4.36. The number of pyridine rings is 1. The molecule has 3 aromatic rings. The number of carbonyl (C=O) groups is 2. The summed E-state index contributed by atoms with van der Waals surface area (Å²) in [5, 5.41) is 24.1. The molecular formula is C20H17N3O5. The summed E-state index contributed by atoms with van der Waals surface area (Å²) in [6, 6.07) is 13.4. The molecule has 142 valence electrons. The van der Waals surface area contributed by atoms with E-state index in [0.29, 0.717) is 17.1 Å². The summed E-state index contributed by atoms with van der Waals surface area (Å²) < 4.78 is 5.71. The molecule has 2 amide bonds. The predicted octanol–water partition coefficient (Wildman–Crippen LogP) is 2.90. The van der Waals surface area contributed by atoms with Crippen molar-refractivity contribution in [1.82, 2.24) is 10.3 Å². The second-order valence-electron chi connectivity index (χ2n) is 5.74. The van der Waals surface area contributed by atoms with Crippen LogP contribution in [0.15, 0.2) is 60.8 Å². The zero-order valence-electron chi connectivity index (χ0n) is 14.8. The summed E-state index contributed by atoms with van der Waals surface area (Å²) in [6.45, 7) is 0. The molecule has 1 aromatic heterocycles. The normalized spacial score (nSPS) is 10.2. The molecule has 0 spiro atoms. The summed E-state index contributed by atoms with van der Waals surface area (Å²) >= 11 is 0. The first-order valence-electron chi connectivity index (χ1n) is 8.25. The highest BCUT2D eigenvalue weighted by atomic mass is 16.5. The average Bonchev–Trinajstić information content (AvgIpc) is 2.70. The van der Waals surface area contributed by atoms with E-state index in [4.69, 9.17) is 4.74 Å². The summed E-state index contributed by atoms with van der Waals surface area (Å²) in [4.78, 5) is 28.1. The highest BCUT2D eigenvalue weighted by Crippen LogP contribution is 2.28. The monoisotopic (exact) mass is 379 g/mol. The number of aromatic hydroxyl groups is 2. The largest absolute Gasteiger partial charge is 0.508 e. The van der Waals surface area contributed by atoms with Crippen molar-refractivity contribution in [3.8, 4) is 23.0 Å². The van der Waals surface area contributed by atoms with E-state index < -0.39 is 5.91 Å². The van der Waals surface area contributed by atoms with Crippen molar-refractivity contribution >= 4 is 17.5 Å². The predicted molar refractivity (Wildman–Crippen MR) is 102 cm³/mol. The van der Waals surface area contributed by atoms with Gasteiger partial charge in [0.15, 0.2) is 0 Å².